The Bertz CT molecular complexity index is 479. The van der Waals surface area contributed by atoms with E-state index in [1.54, 1.807) is 0 Å². The smallest absolute Gasteiger partial charge is 0.401 e. The molecule has 0 aliphatic heterocycles. The first-order valence-electron chi connectivity index (χ1n) is 5.66. The normalized spacial score (nSPS) is 13.1. The maximum Gasteiger partial charge on any atom is 0.401 e. The van der Waals surface area contributed by atoms with Crippen molar-refractivity contribution in [2.75, 3.05) is 13.2 Å². The van der Waals surface area contributed by atoms with Crippen molar-refractivity contribution in [3.63, 3.8) is 0 Å². The average Bonchev–Trinajstić information content (AvgIpc) is 2.30. The van der Waals surface area contributed by atoms with Gasteiger partial charge in [0.05, 0.1) is 13.2 Å². The standard InChI is InChI=1S/C12H12ClF4NO2/c1-2-20-11(19)10(18-6-12(15,16)17)8-4-3-7(13)5-9(8)14/h3-5,10,18H,2,6H2,1H3. The summed E-state index contributed by atoms with van der Waals surface area (Å²) in [5, 5.41) is 2.01. The van der Waals surface area contributed by atoms with Gasteiger partial charge in [-0.2, -0.15) is 13.2 Å². The van der Waals surface area contributed by atoms with E-state index in [-0.39, 0.29) is 17.2 Å². The van der Waals surface area contributed by atoms with Gasteiger partial charge < -0.3 is 4.74 Å². The zero-order valence-electron chi connectivity index (χ0n) is 10.4. The SMILES string of the molecule is CCOC(=O)C(NCC(F)(F)F)c1ccc(Cl)cc1F. The van der Waals surface area contributed by atoms with Gasteiger partial charge >= 0.3 is 12.1 Å². The largest absolute Gasteiger partial charge is 0.465 e. The zero-order chi connectivity index (χ0) is 15.3. The van der Waals surface area contributed by atoms with Crippen molar-refractivity contribution in [3.8, 4) is 0 Å². The maximum absolute atomic E-state index is 13.7. The minimum absolute atomic E-state index is 0.0295. The molecule has 1 N–H and O–H groups in total. The molecule has 0 heterocycles. The van der Waals surface area contributed by atoms with Crippen molar-refractivity contribution in [2.24, 2.45) is 0 Å². The van der Waals surface area contributed by atoms with Crippen molar-refractivity contribution in [2.45, 2.75) is 19.1 Å². The van der Waals surface area contributed by atoms with Gasteiger partial charge in [-0.1, -0.05) is 17.7 Å². The highest BCUT2D eigenvalue weighted by atomic mass is 35.5. The third kappa shape index (κ3) is 4.97. The first-order valence-corrected chi connectivity index (χ1v) is 6.04. The average molecular weight is 314 g/mol. The highest BCUT2D eigenvalue weighted by Gasteiger charge is 2.32. The Kier molecular flexibility index (Phi) is 5.76. The highest BCUT2D eigenvalue weighted by molar-refractivity contribution is 6.30. The van der Waals surface area contributed by atoms with E-state index in [1.165, 1.54) is 13.0 Å². The Labute approximate surface area is 117 Å². The summed E-state index contributed by atoms with van der Waals surface area (Å²) in [5.41, 5.74) is -0.253. The van der Waals surface area contributed by atoms with Crippen LogP contribution in [0.3, 0.4) is 0 Å². The minimum Gasteiger partial charge on any atom is -0.465 e. The highest BCUT2D eigenvalue weighted by Crippen LogP contribution is 2.23. The maximum atomic E-state index is 13.7. The Hall–Kier alpha value is -1.34. The quantitative estimate of drug-likeness (QED) is 0.670. The number of hydrogen-bond donors (Lipinski definition) is 1. The van der Waals surface area contributed by atoms with Crippen LogP contribution < -0.4 is 5.32 Å². The van der Waals surface area contributed by atoms with Gasteiger partial charge in [0.25, 0.3) is 0 Å². The van der Waals surface area contributed by atoms with Crippen LogP contribution in [0.1, 0.15) is 18.5 Å². The predicted molar refractivity (Wildman–Crippen MR) is 64.8 cm³/mol. The number of rotatable bonds is 5. The fourth-order valence-electron chi connectivity index (χ4n) is 1.50. The molecule has 112 valence electrons. The summed E-state index contributed by atoms with van der Waals surface area (Å²) < 4.78 is 55.0. The van der Waals surface area contributed by atoms with Crippen LogP contribution in [0.25, 0.3) is 0 Å². The van der Waals surface area contributed by atoms with Crippen LogP contribution in [-0.2, 0) is 9.53 Å². The van der Waals surface area contributed by atoms with Gasteiger partial charge in [-0.3, -0.25) is 5.32 Å². The molecule has 1 atom stereocenters. The molecule has 0 radical (unpaired) electrons. The van der Waals surface area contributed by atoms with Crippen molar-refractivity contribution in [1.29, 1.82) is 0 Å². The summed E-state index contributed by atoms with van der Waals surface area (Å²) in [6, 6.07) is 1.79. The van der Waals surface area contributed by atoms with Gasteiger partial charge in [-0.15, -0.1) is 0 Å². The summed E-state index contributed by atoms with van der Waals surface area (Å²) in [4.78, 5) is 11.6. The first-order chi connectivity index (χ1) is 9.24. The molecule has 3 nitrogen and oxygen atoms in total. The summed E-state index contributed by atoms with van der Waals surface area (Å²) in [7, 11) is 0. The van der Waals surface area contributed by atoms with E-state index in [0.29, 0.717) is 0 Å². The Balaban J connectivity index is 3.00. The third-order valence-corrected chi connectivity index (χ3v) is 2.54. The molecule has 1 aromatic rings. The molecule has 0 bridgehead atoms. The van der Waals surface area contributed by atoms with Crippen molar-refractivity contribution < 1.29 is 27.1 Å². The second kappa shape index (κ2) is 6.90. The molecule has 0 saturated heterocycles. The number of carbonyl (C=O) groups excluding carboxylic acids is 1. The predicted octanol–water partition coefficient (Wildman–Crippen LogP) is 3.24. The van der Waals surface area contributed by atoms with Crippen LogP contribution in [0.5, 0.6) is 0 Å². The van der Waals surface area contributed by atoms with E-state index in [2.05, 4.69) is 4.74 Å². The number of hydrogen-bond acceptors (Lipinski definition) is 3. The fourth-order valence-corrected chi connectivity index (χ4v) is 1.66. The summed E-state index contributed by atoms with van der Waals surface area (Å²) in [6.45, 7) is 0.0216. The van der Waals surface area contributed by atoms with E-state index in [1.807, 2.05) is 5.32 Å². The molecule has 20 heavy (non-hydrogen) atoms. The molecular formula is C12H12ClF4NO2. The number of nitrogens with one attached hydrogen (secondary N) is 1. The molecule has 0 aromatic heterocycles. The molecule has 0 spiro atoms. The van der Waals surface area contributed by atoms with E-state index < -0.39 is 30.5 Å². The van der Waals surface area contributed by atoms with E-state index in [4.69, 9.17) is 11.6 Å². The lowest BCUT2D eigenvalue weighted by Crippen LogP contribution is -2.37. The van der Waals surface area contributed by atoms with Gasteiger partial charge in [0.2, 0.25) is 0 Å². The topological polar surface area (TPSA) is 38.3 Å². The second-order valence-corrected chi connectivity index (χ2v) is 4.28. The number of benzene rings is 1. The lowest BCUT2D eigenvalue weighted by Gasteiger charge is -2.19. The fraction of sp³-hybridized carbons (Fsp3) is 0.417. The number of esters is 1. The first kappa shape index (κ1) is 16.7. The molecule has 0 amide bonds. The lowest BCUT2D eigenvalue weighted by molar-refractivity contribution is -0.149. The number of carbonyl (C=O) groups is 1. The Morgan fingerprint density at radius 2 is 2.10 bits per heavy atom. The molecular weight excluding hydrogens is 302 g/mol. The van der Waals surface area contributed by atoms with E-state index in [9.17, 15) is 22.4 Å². The van der Waals surface area contributed by atoms with E-state index >= 15 is 0 Å². The monoisotopic (exact) mass is 313 g/mol. The number of ether oxygens (including phenoxy) is 1. The van der Waals surface area contributed by atoms with Crippen LogP contribution >= 0.6 is 11.6 Å². The molecule has 0 saturated carbocycles. The van der Waals surface area contributed by atoms with Crippen molar-refractivity contribution in [3.05, 3.63) is 34.6 Å². The van der Waals surface area contributed by atoms with Crippen molar-refractivity contribution >= 4 is 17.6 Å². The molecule has 1 unspecified atom stereocenters. The minimum atomic E-state index is -4.53. The summed E-state index contributed by atoms with van der Waals surface area (Å²) in [5.74, 6) is -1.87. The van der Waals surface area contributed by atoms with Gasteiger partial charge in [-0.25, -0.2) is 9.18 Å². The third-order valence-electron chi connectivity index (χ3n) is 2.30. The lowest BCUT2D eigenvalue weighted by atomic mass is 10.1. The summed E-state index contributed by atoms with van der Waals surface area (Å²) in [6.07, 6.45) is -4.53. The van der Waals surface area contributed by atoms with Crippen LogP contribution in [0.2, 0.25) is 5.02 Å². The van der Waals surface area contributed by atoms with Crippen molar-refractivity contribution in [1.82, 2.24) is 5.32 Å². The van der Waals surface area contributed by atoms with Crippen LogP contribution in [0.4, 0.5) is 17.6 Å². The van der Waals surface area contributed by atoms with Gasteiger partial charge in [0.15, 0.2) is 0 Å². The van der Waals surface area contributed by atoms with Gasteiger partial charge in [0.1, 0.15) is 11.9 Å². The van der Waals surface area contributed by atoms with Gasteiger partial charge in [-0.05, 0) is 19.1 Å². The van der Waals surface area contributed by atoms with Crippen LogP contribution in [-0.4, -0.2) is 25.3 Å². The molecule has 0 aliphatic carbocycles. The van der Waals surface area contributed by atoms with E-state index in [0.717, 1.165) is 12.1 Å². The Morgan fingerprint density at radius 1 is 1.45 bits per heavy atom. The second-order valence-electron chi connectivity index (χ2n) is 3.85. The van der Waals surface area contributed by atoms with Gasteiger partial charge in [0, 0.05) is 10.6 Å². The van der Waals surface area contributed by atoms with Crippen LogP contribution in [0, 0.1) is 5.82 Å². The van der Waals surface area contributed by atoms with Crippen LogP contribution in [0.15, 0.2) is 18.2 Å². The molecule has 1 aromatic carbocycles. The zero-order valence-corrected chi connectivity index (χ0v) is 11.2. The Morgan fingerprint density at radius 3 is 2.60 bits per heavy atom. The molecule has 8 heteroatoms. The number of halogens is 5. The molecule has 0 fully saturated rings. The summed E-state index contributed by atoms with van der Waals surface area (Å²) >= 11 is 5.56. The number of alkyl halides is 3. The molecule has 0 aliphatic rings. The molecule has 1 rings (SSSR count).